The molecule has 2 aliphatic heterocycles. The van der Waals surface area contributed by atoms with Crippen LogP contribution in [0.4, 0.5) is 19.1 Å². The van der Waals surface area contributed by atoms with Gasteiger partial charge in [-0.15, -0.1) is 0 Å². The van der Waals surface area contributed by atoms with Crippen molar-refractivity contribution in [3.63, 3.8) is 0 Å². The van der Waals surface area contributed by atoms with Gasteiger partial charge in [-0.1, -0.05) is 18.2 Å². The number of amides is 1. The predicted octanol–water partition coefficient (Wildman–Crippen LogP) is 2.69. The van der Waals surface area contributed by atoms with E-state index in [1.807, 2.05) is 31.2 Å². The lowest BCUT2D eigenvalue weighted by atomic mass is 10.00. The first-order valence-corrected chi connectivity index (χ1v) is 11.6. The van der Waals surface area contributed by atoms with Gasteiger partial charge in [0.15, 0.2) is 6.61 Å². The Balaban J connectivity index is 0.000000479. The van der Waals surface area contributed by atoms with Crippen LogP contribution < -0.4 is 10.1 Å². The van der Waals surface area contributed by atoms with E-state index >= 15 is 0 Å². The number of nitrogens with one attached hydrogen (secondary N) is 1. The van der Waals surface area contributed by atoms with Gasteiger partial charge >= 0.3 is 12.1 Å². The Kier molecular flexibility index (Phi) is 9.64. The molecule has 202 valence electrons. The minimum absolute atomic E-state index is 0.0112. The quantitative estimate of drug-likeness (QED) is 0.585. The van der Waals surface area contributed by atoms with Crippen LogP contribution >= 0.6 is 0 Å². The lowest BCUT2D eigenvalue weighted by Crippen LogP contribution is -2.48. The molecule has 2 aliphatic rings. The van der Waals surface area contributed by atoms with Gasteiger partial charge in [0, 0.05) is 25.5 Å². The number of halogens is 3. The molecule has 1 aromatic heterocycles. The summed E-state index contributed by atoms with van der Waals surface area (Å²) in [6.07, 6.45) is 0.0836. The van der Waals surface area contributed by atoms with E-state index in [0.29, 0.717) is 38.8 Å². The molecule has 10 nitrogen and oxygen atoms in total. The first-order valence-electron chi connectivity index (χ1n) is 11.6. The van der Waals surface area contributed by atoms with Crippen molar-refractivity contribution >= 4 is 17.8 Å². The molecule has 1 spiro atoms. The molecule has 37 heavy (non-hydrogen) atoms. The van der Waals surface area contributed by atoms with Crippen LogP contribution in [0.5, 0.6) is 5.75 Å². The molecule has 0 saturated carbocycles. The number of nitrogens with zero attached hydrogens (tertiary/aromatic N) is 3. The largest absolute Gasteiger partial charge is 0.490 e. The number of aliphatic carboxylic acids is 1. The van der Waals surface area contributed by atoms with E-state index in [2.05, 4.69) is 15.3 Å². The summed E-state index contributed by atoms with van der Waals surface area (Å²) in [6, 6.07) is 9.48. The van der Waals surface area contributed by atoms with Crippen LogP contribution in [-0.2, 0) is 19.1 Å². The molecular formula is C24H29F3N4O6. The molecule has 1 amide bonds. The predicted molar refractivity (Wildman–Crippen MR) is 125 cm³/mol. The molecule has 0 aliphatic carbocycles. The molecule has 2 saturated heterocycles. The zero-order valence-corrected chi connectivity index (χ0v) is 20.2. The van der Waals surface area contributed by atoms with Crippen LogP contribution in [0.25, 0.3) is 0 Å². The molecule has 2 atom stereocenters. The van der Waals surface area contributed by atoms with Gasteiger partial charge < -0.3 is 29.5 Å². The first-order chi connectivity index (χ1) is 17.6. The number of hydrogen-bond donors (Lipinski definition) is 2. The number of ether oxygens (including phenoxy) is 3. The topological polar surface area (TPSA) is 123 Å². The van der Waals surface area contributed by atoms with Crippen molar-refractivity contribution in [3.05, 3.63) is 48.3 Å². The molecule has 2 aromatic rings. The summed E-state index contributed by atoms with van der Waals surface area (Å²) in [5, 5.41) is 10.3. The summed E-state index contributed by atoms with van der Waals surface area (Å²) in [4.78, 5) is 31.9. The maximum atomic E-state index is 12.8. The minimum atomic E-state index is -5.08. The average molecular weight is 527 g/mol. The zero-order chi connectivity index (χ0) is 26.9. The molecular weight excluding hydrogens is 497 g/mol. The summed E-state index contributed by atoms with van der Waals surface area (Å²) >= 11 is 0. The maximum Gasteiger partial charge on any atom is 0.490 e. The number of aryl methyl sites for hydroxylation is 1. The van der Waals surface area contributed by atoms with E-state index in [1.165, 1.54) is 0 Å². The second-order valence-electron chi connectivity index (χ2n) is 8.64. The van der Waals surface area contributed by atoms with Gasteiger partial charge in [0.2, 0.25) is 5.95 Å². The fraction of sp³-hybridized carbons (Fsp3) is 0.500. The molecule has 0 unspecified atom stereocenters. The standard InChI is InChI=1S/C22H28N4O4.C2HF3O2/c1-17-5-2-3-6-19(17)29-14-20(27)26-11-12-28-16-22(15-26)8-7-18(30-22)13-25-21-23-9-4-10-24-21;3-2(4,5)1(6)7/h2-6,9-10,18H,7-8,11-16H2,1H3,(H,23,24,25);(H,6,7)/t18-,22+;/m0./s1. The number of carboxylic acid groups (broad SMARTS) is 1. The second-order valence-corrected chi connectivity index (χ2v) is 8.64. The number of hydrogen-bond acceptors (Lipinski definition) is 8. The molecule has 2 N–H and O–H groups in total. The Morgan fingerprint density at radius 1 is 1.24 bits per heavy atom. The second kappa shape index (κ2) is 12.7. The minimum Gasteiger partial charge on any atom is -0.484 e. The fourth-order valence-corrected chi connectivity index (χ4v) is 3.92. The van der Waals surface area contributed by atoms with Gasteiger partial charge in [-0.05, 0) is 37.5 Å². The van der Waals surface area contributed by atoms with E-state index < -0.39 is 17.7 Å². The smallest absolute Gasteiger partial charge is 0.484 e. The molecule has 3 heterocycles. The highest BCUT2D eigenvalue weighted by Crippen LogP contribution is 2.33. The van der Waals surface area contributed by atoms with Crippen LogP contribution in [0.3, 0.4) is 0 Å². The molecule has 0 bridgehead atoms. The van der Waals surface area contributed by atoms with Gasteiger partial charge in [-0.3, -0.25) is 4.79 Å². The van der Waals surface area contributed by atoms with Crippen molar-refractivity contribution in [1.29, 1.82) is 0 Å². The van der Waals surface area contributed by atoms with Gasteiger partial charge in [0.05, 0.1) is 25.9 Å². The number of rotatable bonds is 6. The Hall–Kier alpha value is -3.45. The van der Waals surface area contributed by atoms with Crippen molar-refractivity contribution < 1.29 is 42.1 Å². The third-order valence-electron chi connectivity index (χ3n) is 5.78. The molecule has 4 rings (SSSR count). The van der Waals surface area contributed by atoms with E-state index in [9.17, 15) is 18.0 Å². The SMILES string of the molecule is Cc1ccccc1OCC(=O)N1CCOC[C@@]2(CC[C@@H](CNc3ncccn3)O2)C1.O=C(O)C(F)(F)F. The summed E-state index contributed by atoms with van der Waals surface area (Å²) in [7, 11) is 0. The fourth-order valence-electron chi connectivity index (χ4n) is 3.92. The normalized spacial score (nSPS) is 21.5. The van der Waals surface area contributed by atoms with Crippen molar-refractivity contribution in [3.8, 4) is 5.75 Å². The highest BCUT2D eigenvalue weighted by molar-refractivity contribution is 5.78. The van der Waals surface area contributed by atoms with Crippen LogP contribution in [0.2, 0.25) is 0 Å². The lowest BCUT2D eigenvalue weighted by Gasteiger charge is -2.32. The first kappa shape index (κ1) is 28.1. The molecule has 13 heteroatoms. The summed E-state index contributed by atoms with van der Waals surface area (Å²) < 4.78 is 49.7. The van der Waals surface area contributed by atoms with Crippen molar-refractivity contribution in [1.82, 2.24) is 14.9 Å². The highest BCUT2D eigenvalue weighted by atomic mass is 19.4. The zero-order valence-electron chi connectivity index (χ0n) is 20.2. The van der Waals surface area contributed by atoms with E-state index in [0.717, 1.165) is 24.2 Å². The van der Waals surface area contributed by atoms with Crippen LogP contribution in [0.15, 0.2) is 42.7 Å². The lowest BCUT2D eigenvalue weighted by molar-refractivity contribution is -0.192. The van der Waals surface area contributed by atoms with E-state index in [-0.39, 0.29) is 18.6 Å². The van der Waals surface area contributed by atoms with Crippen molar-refractivity contribution in [2.24, 2.45) is 0 Å². The Labute approximate surface area is 211 Å². The summed E-state index contributed by atoms with van der Waals surface area (Å²) in [5.74, 6) is -1.49. The van der Waals surface area contributed by atoms with Gasteiger partial charge in [-0.25, -0.2) is 14.8 Å². The van der Waals surface area contributed by atoms with Crippen LogP contribution in [0, 0.1) is 6.92 Å². The molecule has 1 aromatic carbocycles. The number of anilines is 1. The Morgan fingerprint density at radius 2 is 1.95 bits per heavy atom. The van der Waals surface area contributed by atoms with Crippen molar-refractivity contribution in [2.75, 3.05) is 44.8 Å². The number of aromatic nitrogens is 2. The maximum absolute atomic E-state index is 12.8. The molecule has 2 fully saturated rings. The van der Waals surface area contributed by atoms with Crippen molar-refractivity contribution in [2.45, 2.75) is 37.6 Å². The Bertz CT molecular complexity index is 1040. The van der Waals surface area contributed by atoms with Gasteiger partial charge in [-0.2, -0.15) is 13.2 Å². The number of para-hydroxylation sites is 1. The molecule has 0 radical (unpaired) electrons. The highest BCUT2D eigenvalue weighted by Gasteiger charge is 2.44. The van der Waals surface area contributed by atoms with Crippen LogP contribution in [-0.4, -0.2) is 89.2 Å². The van der Waals surface area contributed by atoms with Gasteiger partial charge in [0.25, 0.3) is 5.91 Å². The third kappa shape index (κ3) is 8.57. The number of carbonyl (C=O) groups excluding carboxylic acids is 1. The number of carboxylic acids is 1. The summed E-state index contributed by atoms with van der Waals surface area (Å²) in [6.45, 7) is 4.65. The third-order valence-corrected chi connectivity index (χ3v) is 5.78. The van der Waals surface area contributed by atoms with E-state index in [1.54, 1.807) is 23.4 Å². The monoisotopic (exact) mass is 526 g/mol. The number of alkyl halides is 3. The Morgan fingerprint density at radius 3 is 2.62 bits per heavy atom. The van der Waals surface area contributed by atoms with E-state index in [4.69, 9.17) is 24.1 Å². The summed E-state index contributed by atoms with van der Waals surface area (Å²) in [5.41, 5.74) is 0.538. The van der Waals surface area contributed by atoms with Gasteiger partial charge in [0.1, 0.15) is 11.4 Å². The average Bonchev–Trinajstić information content (AvgIpc) is 3.14. The number of benzene rings is 1. The number of carbonyl (C=O) groups is 2. The van der Waals surface area contributed by atoms with Crippen LogP contribution in [0.1, 0.15) is 18.4 Å².